The Kier molecular flexibility index (Phi) is 9.18. The van der Waals surface area contributed by atoms with Crippen LogP contribution in [0.3, 0.4) is 0 Å². The lowest BCUT2D eigenvalue weighted by molar-refractivity contribution is 0.352. The highest BCUT2D eigenvalue weighted by molar-refractivity contribution is 7.89. The van der Waals surface area contributed by atoms with Crippen molar-refractivity contribution in [3.05, 3.63) is 103 Å². The average Bonchev–Trinajstić information content (AvgIpc) is 2.94. The van der Waals surface area contributed by atoms with Crippen LogP contribution in [0.1, 0.15) is 29.7 Å². The van der Waals surface area contributed by atoms with Gasteiger partial charge in [-0.1, -0.05) is 35.9 Å². The molecule has 0 fully saturated rings. The third-order valence-corrected chi connectivity index (χ3v) is 9.95. The first-order valence-electron chi connectivity index (χ1n) is 12.8. The maximum Gasteiger partial charge on any atom is 0.283 e. The third-order valence-electron chi connectivity index (χ3n) is 6.91. The number of hydrogen-bond acceptors (Lipinski definition) is 9. The molecule has 0 aliphatic carbocycles. The molecule has 0 saturated heterocycles. The van der Waals surface area contributed by atoms with Gasteiger partial charge in [0.1, 0.15) is 17.3 Å². The molecule has 0 saturated carbocycles. The van der Waals surface area contributed by atoms with Crippen LogP contribution in [0.4, 0.5) is 11.4 Å². The molecule has 1 atom stereocenters. The van der Waals surface area contributed by atoms with E-state index in [1.54, 1.807) is 38.4 Å². The van der Waals surface area contributed by atoms with E-state index < -0.39 is 42.9 Å². The number of hydrogen-bond donors (Lipinski definition) is 3. The number of halogens is 1. The van der Waals surface area contributed by atoms with Gasteiger partial charge < -0.3 is 10.6 Å². The summed E-state index contributed by atoms with van der Waals surface area (Å²) in [5.41, 5.74) is 1.54. The first-order chi connectivity index (χ1) is 19.7. The Bertz CT molecular complexity index is 1920. The molecule has 0 radical (unpaired) electrons. The summed E-state index contributed by atoms with van der Waals surface area (Å²) in [6.07, 6.45) is 3.43. The number of aryl methyl sites for hydroxylation is 1. The zero-order chi connectivity index (χ0) is 30.8. The second-order valence-corrected chi connectivity index (χ2v) is 13.4. The first kappa shape index (κ1) is 31.3. The van der Waals surface area contributed by atoms with Gasteiger partial charge in [-0.2, -0.15) is 12.7 Å². The van der Waals surface area contributed by atoms with E-state index in [0.717, 1.165) is 16.7 Å². The van der Waals surface area contributed by atoms with Crippen molar-refractivity contribution in [1.29, 1.82) is 0 Å². The lowest BCUT2D eigenvalue weighted by Crippen LogP contribution is -2.41. The number of rotatable bonds is 12. The lowest BCUT2D eigenvalue weighted by Gasteiger charge is -2.30. The van der Waals surface area contributed by atoms with E-state index in [4.69, 9.17) is 16.2 Å². The van der Waals surface area contributed by atoms with Crippen molar-refractivity contribution in [2.24, 2.45) is 0 Å². The van der Waals surface area contributed by atoms with Crippen LogP contribution in [0.2, 0.25) is 5.02 Å². The van der Waals surface area contributed by atoms with Crippen LogP contribution in [0.25, 0.3) is 11.1 Å². The normalized spacial score (nSPS) is 12.9. The maximum atomic E-state index is 14.1. The molecule has 1 heterocycles. The highest BCUT2D eigenvalue weighted by atomic mass is 35.5. The second-order valence-electron chi connectivity index (χ2n) is 9.71. The van der Waals surface area contributed by atoms with E-state index in [0.29, 0.717) is 11.1 Å². The van der Waals surface area contributed by atoms with Gasteiger partial charge in [-0.3, -0.25) is 19.1 Å². The SMILES string of the molecule is Cc1cnccc1-c1cccc(C(C)N(CCNc2c(NCS(=O)(=O)O)c(=O)c2=O)S(=O)(=O)c2cccc(Cl)c2C)c1. The number of nitrogens with zero attached hydrogens (tertiary/aromatic N) is 2. The molecule has 42 heavy (non-hydrogen) atoms. The van der Waals surface area contributed by atoms with Gasteiger partial charge in [0.15, 0.2) is 0 Å². The molecule has 222 valence electrons. The van der Waals surface area contributed by atoms with Crippen LogP contribution in [0.5, 0.6) is 0 Å². The van der Waals surface area contributed by atoms with Crippen molar-refractivity contribution >= 4 is 43.1 Å². The standard InChI is InChI=1S/C28H29ClN4O7S2/c1-17-15-30-11-10-22(17)21-7-4-6-20(14-21)19(3)33(42(39,40)24-9-5-8-23(29)18(24)2)13-12-31-25-26(28(35)27(25)34)32-16-41(36,37)38/h4-11,14-15,19,31-32H,12-13,16H2,1-3H3,(H,36,37,38). The molecule has 0 aliphatic heterocycles. The number of aromatic nitrogens is 1. The van der Waals surface area contributed by atoms with Gasteiger partial charge in [-0.25, -0.2) is 8.42 Å². The summed E-state index contributed by atoms with van der Waals surface area (Å²) in [4.78, 5) is 28.3. The predicted octanol–water partition coefficient (Wildman–Crippen LogP) is 3.74. The molecule has 4 rings (SSSR count). The van der Waals surface area contributed by atoms with Gasteiger partial charge in [0.05, 0.1) is 4.90 Å². The first-order valence-corrected chi connectivity index (χ1v) is 16.2. The average molecular weight is 633 g/mol. The Morgan fingerprint density at radius 1 is 0.976 bits per heavy atom. The minimum atomic E-state index is -4.46. The zero-order valence-electron chi connectivity index (χ0n) is 23.0. The van der Waals surface area contributed by atoms with E-state index in [2.05, 4.69) is 15.6 Å². The number of sulfonamides is 1. The summed E-state index contributed by atoms with van der Waals surface area (Å²) < 4.78 is 60.6. The van der Waals surface area contributed by atoms with Crippen molar-refractivity contribution in [2.45, 2.75) is 31.7 Å². The van der Waals surface area contributed by atoms with Crippen molar-refractivity contribution in [3.8, 4) is 11.1 Å². The summed E-state index contributed by atoms with van der Waals surface area (Å²) in [5, 5.41) is 5.27. The maximum absolute atomic E-state index is 14.1. The minimum Gasteiger partial charge on any atom is -0.379 e. The van der Waals surface area contributed by atoms with Gasteiger partial charge in [0, 0.05) is 36.5 Å². The quantitative estimate of drug-likeness (QED) is 0.155. The Labute approximate surface area is 248 Å². The Balaban J connectivity index is 1.68. The topological polar surface area (TPSA) is 163 Å². The molecule has 1 aromatic heterocycles. The van der Waals surface area contributed by atoms with Crippen LogP contribution in [-0.2, 0) is 20.1 Å². The molecule has 0 aliphatic rings. The van der Waals surface area contributed by atoms with Gasteiger partial charge in [-0.05, 0) is 72.9 Å². The summed E-state index contributed by atoms with van der Waals surface area (Å²) in [6, 6.07) is 13.3. The summed E-state index contributed by atoms with van der Waals surface area (Å²) in [5.74, 6) is -0.967. The van der Waals surface area contributed by atoms with Crippen molar-refractivity contribution in [2.75, 3.05) is 29.6 Å². The van der Waals surface area contributed by atoms with Crippen LogP contribution >= 0.6 is 11.6 Å². The predicted molar refractivity (Wildman–Crippen MR) is 163 cm³/mol. The van der Waals surface area contributed by atoms with Crippen molar-refractivity contribution in [3.63, 3.8) is 0 Å². The number of anilines is 2. The Morgan fingerprint density at radius 2 is 1.64 bits per heavy atom. The lowest BCUT2D eigenvalue weighted by atomic mass is 9.98. The van der Waals surface area contributed by atoms with Crippen LogP contribution in [-0.4, -0.2) is 49.6 Å². The molecule has 3 N–H and O–H groups in total. The highest BCUT2D eigenvalue weighted by Crippen LogP contribution is 2.33. The van der Waals surface area contributed by atoms with E-state index in [1.165, 1.54) is 10.4 Å². The number of pyridine rings is 1. The summed E-state index contributed by atoms with van der Waals surface area (Å²) in [6.45, 7) is 5.05. The molecule has 0 spiro atoms. The molecular formula is C28H29ClN4O7S2. The summed E-state index contributed by atoms with van der Waals surface area (Å²) >= 11 is 6.26. The second kappa shape index (κ2) is 12.3. The minimum absolute atomic E-state index is 0.0209. The van der Waals surface area contributed by atoms with Crippen LogP contribution in [0, 0.1) is 13.8 Å². The fourth-order valence-electron chi connectivity index (χ4n) is 4.63. The molecular weight excluding hydrogens is 604 g/mol. The fraction of sp³-hybridized carbons (Fsp3) is 0.250. The Hall–Kier alpha value is -3.62. The molecule has 0 bridgehead atoms. The van der Waals surface area contributed by atoms with Gasteiger partial charge in [0.25, 0.3) is 21.0 Å². The summed E-state index contributed by atoms with van der Waals surface area (Å²) in [7, 11) is -8.60. The van der Waals surface area contributed by atoms with Crippen LogP contribution < -0.4 is 21.5 Å². The van der Waals surface area contributed by atoms with E-state index in [-0.39, 0.29) is 34.4 Å². The molecule has 11 nitrogen and oxygen atoms in total. The molecule has 3 aromatic carbocycles. The van der Waals surface area contributed by atoms with Gasteiger partial charge in [-0.15, -0.1) is 0 Å². The Morgan fingerprint density at radius 3 is 2.31 bits per heavy atom. The van der Waals surface area contributed by atoms with E-state index in [9.17, 15) is 26.4 Å². The number of nitrogens with one attached hydrogen (secondary N) is 2. The zero-order valence-corrected chi connectivity index (χ0v) is 25.3. The monoisotopic (exact) mass is 632 g/mol. The third kappa shape index (κ3) is 6.55. The fourth-order valence-corrected chi connectivity index (χ4v) is 7.06. The van der Waals surface area contributed by atoms with Crippen molar-refractivity contribution < 1.29 is 21.4 Å². The van der Waals surface area contributed by atoms with Gasteiger partial charge >= 0.3 is 0 Å². The van der Waals surface area contributed by atoms with Gasteiger partial charge in [0.2, 0.25) is 10.0 Å². The molecule has 4 aromatic rings. The molecule has 14 heteroatoms. The van der Waals surface area contributed by atoms with Crippen LogP contribution in [0.15, 0.2) is 75.4 Å². The van der Waals surface area contributed by atoms with E-state index >= 15 is 0 Å². The highest BCUT2D eigenvalue weighted by Gasteiger charge is 2.32. The van der Waals surface area contributed by atoms with E-state index in [1.807, 2.05) is 37.3 Å². The largest absolute Gasteiger partial charge is 0.379 e. The van der Waals surface area contributed by atoms with Crippen molar-refractivity contribution in [1.82, 2.24) is 9.29 Å². The number of benzene rings is 2. The molecule has 1 unspecified atom stereocenters. The smallest absolute Gasteiger partial charge is 0.283 e. The molecule has 0 amide bonds.